The van der Waals surface area contributed by atoms with E-state index in [1.807, 2.05) is 43.3 Å². The number of hydrogen-bond acceptors (Lipinski definition) is 4. The number of sulfonamides is 1. The standard InChI is InChI=1S/C19H21NO4S/c1-16-10-12-18(13-11-16)25(22,23)20(2)15-19(21)24-14-6-9-17-7-4-3-5-8-17/h3-13H,14-15H2,1-2H3/b9-6-. The van der Waals surface area contributed by atoms with Crippen molar-refractivity contribution >= 4 is 22.1 Å². The van der Waals surface area contributed by atoms with E-state index in [-0.39, 0.29) is 18.0 Å². The van der Waals surface area contributed by atoms with E-state index in [0.717, 1.165) is 15.4 Å². The van der Waals surface area contributed by atoms with Gasteiger partial charge in [-0.3, -0.25) is 4.79 Å². The Morgan fingerprint density at radius 2 is 1.72 bits per heavy atom. The molecule has 132 valence electrons. The summed E-state index contributed by atoms with van der Waals surface area (Å²) in [6, 6.07) is 16.1. The molecule has 6 heteroatoms. The fourth-order valence-corrected chi connectivity index (χ4v) is 3.21. The highest BCUT2D eigenvalue weighted by Gasteiger charge is 2.23. The molecule has 0 amide bonds. The maximum Gasteiger partial charge on any atom is 0.321 e. The Balaban J connectivity index is 1.87. The van der Waals surface area contributed by atoms with Gasteiger partial charge in [0.15, 0.2) is 0 Å². The summed E-state index contributed by atoms with van der Waals surface area (Å²) in [6.07, 6.45) is 3.54. The first-order valence-electron chi connectivity index (χ1n) is 7.80. The molecule has 0 heterocycles. The third-order valence-corrected chi connectivity index (χ3v) is 5.35. The summed E-state index contributed by atoms with van der Waals surface area (Å²) in [5.41, 5.74) is 1.96. The SMILES string of the molecule is Cc1ccc(S(=O)(=O)N(C)CC(=O)OC/C=C\c2ccccc2)cc1. The summed E-state index contributed by atoms with van der Waals surface area (Å²) in [7, 11) is -2.35. The van der Waals surface area contributed by atoms with Crippen molar-refractivity contribution in [3.63, 3.8) is 0 Å². The summed E-state index contributed by atoms with van der Waals surface area (Å²) in [6.45, 7) is 1.63. The second-order valence-electron chi connectivity index (χ2n) is 5.57. The fourth-order valence-electron chi connectivity index (χ4n) is 2.09. The summed E-state index contributed by atoms with van der Waals surface area (Å²) in [5, 5.41) is 0. The first kappa shape index (κ1) is 18.9. The Morgan fingerprint density at radius 3 is 2.36 bits per heavy atom. The molecule has 0 aromatic heterocycles. The van der Waals surface area contributed by atoms with Gasteiger partial charge in [-0.25, -0.2) is 8.42 Å². The zero-order chi connectivity index (χ0) is 18.3. The van der Waals surface area contributed by atoms with Crippen LogP contribution in [0.2, 0.25) is 0 Å². The van der Waals surface area contributed by atoms with Gasteiger partial charge < -0.3 is 4.74 Å². The molecule has 5 nitrogen and oxygen atoms in total. The van der Waals surface area contributed by atoms with Gasteiger partial charge in [0.1, 0.15) is 13.2 Å². The van der Waals surface area contributed by atoms with Crippen LogP contribution in [0, 0.1) is 6.92 Å². The van der Waals surface area contributed by atoms with Crippen molar-refractivity contribution in [2.45, 2.75) is 11.8 Å². The first-order chi connectivity index (χ1) is 11.9. The Kier molecular flexibility index (Phi) is 6.50. The fraction of sp³-hybridized carbons (Fsp3) is 0.211. The van der Waals surface area contributed by atoms with Crippen LogP contribution in [-0.2, 0) is 19.6 Å². The molecule has 0 atom stereocenters. The summed E-state index contributed by atoms with van der Waals surface area (Å²) in [5.74, 6) is -0.601. The number of ether oxygens (including phenoxy) is 1. The molecule has 0 aliphatic heterocycles. The minimum atomic E-state index is -3.71. The molecule has 0 saturated heterocycles. The van der Waals surface area contributed by atoms with E-state index >= 15 is 0 Å². The van der Waals surface area contributed by atoms with Crippen LogP contribution in [0.3, 0.4) is 0 Å². The molecule has 0 bridgehead atoms. The van der Waals surface area contributed by atoms with Crippen LogP contribution < -0.4 is 0 Å². The summed E-state index contributed by atoms with van der Waals surface area (Å²) < 4.78 is 30.8. The molecule has 0 N–H and O–H groups in total. The van der Waals surface area contributed by atoms with Gasteiger partial charge >= 0.3 is 5.97 Å². The third kappa shape index (κ3) is 5.55. The smallest absolute Gasteiger partial charge is 0.321 e. The van der Waals surface area contributed by atoms with Crippen molar-refractivity contribution < 1.29 is 17.9 Å². The number of carbonyl (C=O) groups excluding carboxylic acids is 1. The number of likely N-dealkylation sites (N-methyl/N-ethyl adjacent to an activating group) is 1. The van der Waals surface area contributed by atoms with E-state index in [9.17, 15) is 13.2 Å². The van der Waals surface area contributed by atoms with Crippen LogP contribution in [0.1, 0.15) is 11.1 Å². The molecule has 0 radical (unpaired) electrons. The second-order valence-corrected chi connectivity index (χ2v) is 7.62. The normalized spacial score (nSPS) is 11.8. The van der Waals surface area contributed by atoms with Crippen molar-refractivity contribution in [1.29, 1.82) is 0 Å². The number of esters is 1. The monoisotopic (exact) mass is 359 g/mol. The van der Waals surface area contributed by atoms with Crippen LogP contribution in [0.5, 0.6) is 0 Å². The number of benzene rings is 2. The average Bonchev–Trinajstić information content (AvgIpc) is 2.60. The van der Waals surface area contributed by atoms with E-state index in [4.69, 9.17) is 4.74 Å². The van der Waals surface area contributed by atoms with E-state index in [1.165, 1.54) is 19.2 Å². The van der Waals surface area contributed by atoms with Crippen molar-refractivity contribution in [2.24, 2.45) is 0 Å². The lowest BCUT2D eigenvalue weighted by Crippen LogP contribution is -2.33. The predicted molar refractivity (Wildman–Crippen MR) is 97.4 cm³/mol. The topological polar surface area (TPSA) is 63.7 Å². The maximum absolute atomic E-state index is 12.4. The Morgan fingerprint density at radius 1 is 1.08 bits per heavy atom. The molecular formula is C19H21NO4S. The second kappa shape index (κ2) is 8.60. The molecule has 0 aliphatic carbocycles. The van der Waals surface area contributed by atoms with Crippen molar-refractivity contribution in [3.8, 4) is 0 Å². The first-order valence-corrected chi connectivity index (χ1v) is 9.24. The zero-order valence-corrected chi connectivity index (χ0v) is 15.1. The van der Waals surface area contributed by atoms with Crippen LogP contribution in [0.15, 0.2) is 65.6 Å². The van der Waals surface area contributed by atoms with Gasteiger partial charge in [0.05, 0.1) is 4.90 Å². The number of nitrogens with zero attached hydrogens (tertiary/aromatic N) is 1. The molecule has 0 saturated carbocycles. The lowest BCUT2D eigenvalue weighted by Gasteiger charge is -2.16. The third-order valence-electron chi connectivity index (χ3n) is 3.53. The van der Waals surface area contributed by atoms with Crippen LogP contribution in [0.4, 0.5) is 0 Å². The maximum atomic E-state index is 12.4. The van der Waals surface area contributed by atoms with E-state index in [0.29, 0.717) is 0 Å². The van der Waals surface area contributed by atoms with Gasteiger partial charge in [-0.2, -0.15) is 4.31 Å². The molecule has 0 unspecified atom stereocenters. The van der Waals surface area contributed by atoms with Gasteiger partial charge in [0, 0.05) is 7.05 Å². The van der Waals surface area contributed by atoms with E-state index < -0.39 is 16.0 Å². The molecule has 2 aromatic carbocycles. The largest absolute Gasteiger partial charge is 0.460 e. The predicted octanol–water partition coefficient (Wildman–Crippen LogP) is 2.87. The van der Waals surface area contributed by atoms with Crippen LogP contribution in [0.25, 0.3) is 6.08 Å². The molecule has 25 heavy (non-hydrogen) atoms. The lowest BCUT2D eigenvalue weighted by atomic mass is 10.2. The van der Waals surface area contributed by atoms with Gasteiger partial charge in [-0.15, -0.1) is 0 Å². The Labute approximate surface area is 148 Å². The van der Waals surface area contributed by atoms with Crippen LogP contribution >= 0.6 is 0 Å². The summed E-state index contributed by atoms with van der Waals surface area (Å²) >= 11 is 0. The van der Waals surface area contributed by atoms with Gasteiger partial charge in [0.2, 0.25) is 10.0 Å². The Bertz CT molecular complexity index is 827. The quantitative estimate of drug-likeness (QED) is 0.713. The number of carbonyl (C=O) groups is 1. The van der Waals surface area contributed by atoms with Crippen LogP contribution in [-0.4, -0.2) is 38.9 Å². The average molecular weight is 359 g/mol. The zero-order valence-electron chi connectivity index (χ0n) is 14.3. The number of hydrogen-bond donors (Lipinski definition) is 0. The van der Waals surface area contributed by atoms with Gasteiger partial charge in [-0.1, -0.05) is 54.1 Å². The van der Waals surface area contributed by atoms with Crippen molar-refractivity contribution in [1.82, 2.24) is 4.31 Å². The molecule has 0 aliphatic rings. The number of aryl methyl sites for hydroxylation is 1. The lowest BCUT2D eigenvalue weighted by molar-refractivity contribution is -0.142. The highest BCUT2D eigenvalue weighted by atomic mass is 32.2. The molecule has 0 spiro atoms. The molecular weight excluding hydrogens is 338 g/mol. The Hall–Kier alpha value is -2.44. The molecule has 2 aromatic rings. The highest BCUT2D eigenvalue weighted by molar-refractivity contribution is 7.89. The summed E-state index contributed by atoms with van der Waals surface area (Å²) in [4.78, 5) is 12.0. The number of rotatable bonds is 7. The minimum Gasteiger partial charge on any atom is -0.460 e. The van der Waals surface area contributed by atoms with E-state index in [1.54, 1.807) is 18.2 Å². The van der Waals surface area contributed by atoms with Crippen molar-refractivity contribution in [2.75, 3.05) is 20.2 Å². The van der Waals surface area contributed by atoms with Crippen molar-refractivity contribution in [3.05, 3.63) is 71.8 Å². The molecule has 2 rings (SSSR count). The minimum absolute atomic E-state index is 0.0894. The molecule has 0 fully saturated rings. The van der Waals surface area contributed by atoms with Gasteiger partial charge in [0.25, 0.3) is 0 Å². The highest BCUT2D eigenvalue weighted by Crippen LogP contribution is 2.14. The van der Waals surface area contributed by atoms with E-state index in [2.05, 4.69) is 0 Å². The van der Waals surface area contributed by atoms with Gasteiger partial charge in [-0.05, 0) is 30.7 Å².